The number of fused-ring (bicyclic) bond motifs is 1. The number of hydrogen-bond donors (Lipinski definition) is 1. The van der Waals surface area contributed by atoms with E-state index in [-0.39, 0.29) is 19.1 Å². The van der Waals surface area contributed by atoms with Gasteiger partial charge in [-0.3, -0.25) is 4.79 Å². The molecule has 2 aromatic carbocycles. The maximum atomic E-state index is 12.2. The van der Waals surface area contributed by atoms with Crippen molar-refractivity contribution in [1.82, 2.24) is 0 Å². The summed E-state index contributed by atoms with van der Waals surface area (Å²) in [4.78, 5) is 12.2. The lowest BCUT2D eigenvalue weighted by Gasteiger charge is -2.10. The number of benzene rings is 2. The molecule has 0 atom stereocenters. The molecule has 3 rings (SSSR count). The third-order valence-corrected chi connectivity index (χ3v) is 4.16. The SMILES string of the molecule is O=C(Cc1c(Cl)cccc1Cl)Nc1cc2c(cc1Cl)OCO2. The van der Waals surface area contributed by atoms with E-state index in [1.165, 1.54) is 0 Å². The van der Waals surface area contributed by atoms with Crippen LogP contribution >= 0.6 is 34.8 Å². The second kappa shape index (κ2) is 6.24. The number of carbonyl (C=O) groups excluding carboxylic acids is 1. The van der Waals surface area contributed by atoms with Crippen molar-refractivity contribution in [1.29, 1.82) is 0 Å². The lowest BCUT2D eigenvalue weighted by molar-refractivity contribution is -0.115. The molecule has 1 amide bonds. The van der Waals surface area contributed by atoms with Crippen molar-refractivity contribution in [3.63, 3.8) is 0 Å². The summed E-state index contributed by atoms with van der Waals surface area (Å²) in [5, 5.41) is 3.97. The first kappa shape index (κ1) is 15.3. The number of halogens is 3. The average molecular weight is 359 g/mol. The van der Waals surface area contributed by atoms with Gasteiger partial charge in [-0.05, 0) is 17.7 Å². The van der Waals surface area contributed by atoms with Crippen LogP contribution in [0.5, 0.6) is 11.5 Å². The number of ether oxygens (including phenoxy) is 2. The minimum Gasteiger partial charge on any atom is -0.454 e. The van der Waals surface area contributed by atoms with Gasteiger partial charge in [0, 0.05) is 22.2 Å². The number of hydrogen-bond acceptors (Lipinski definition) is 3. The zero-order chi connectivity index (χ0) is 15.7. The number of amides is 1. The van der Waals surface area contributed by atoms with Gasteiger partial charge >= 0.3 is 0 Å². The zero-order valence-electron chi connectivity index (χ0n) is 11.2. The summed E-state index contributed by atoms with van der Waals surface area (Å²) in [6.07, 6.45) is 0.0449. The van der Waals surface area contributed by atoms with Gasteiger partial charge in [-0.2, -0.15) is 0 Å². The molecule has 0 unspecified atom stereocenters. The molecule has 0 saturated heterocycles. The van der Waals surface area contributed by atoms with Gasteiger partial charge in [-0.1, -0.05) is 40.9 Å². The Labute approximate surface area is 141 Å². The Bertz CT molecular complexity index is 729. The Morgan fingerprint density at radius 3 is 2.36 bits per heavy atom. The topological polar surface area (TPSA) is 47.6 Å². The van der Waals surface area contributed by atoms with E-state index in [0.29, 0.717) is 37.8 Å². The van der Waals surface area contributed by atoms with E-state index < -0.39 is 0 Å². The van der Waals surface area contributed by atoms with Crippen LogP contribution < -0.4 is 14.8 Å². The predicted molar refractivity (Wildman–Crippen MR) is 86.4 cm³/mol. The molecule has 2 aromatic rings. The van der Waals surface area contributed by atoms with Gasteiger partial charge in [-0.25, -0.2) is 0 Å². The Kier molecular flexibility index (Phi) is 4.34. The van der Waals surface area contributed by atoms with Crippen LogP contribution in [0.2, 0.25) is 15.1 Å². The van der Waals surface area contributed by atoms with Gasteiger partial charge in [0.15, 0.2) is 11.5 Å². The van der Waals surface area contributed by atoms with Crippen molar-refractivity contribution >= 4 is 46.4 Å². The van der Waals surface area contributed by atoms with Crippen molar-refractivity contribution in [2.24, 2.45) is 0 Å². The van der Waals surface area contributed by atoms with Gasteiger partial charge in [0.2, 0.25) is 12.7 Å². The molecule has 22 heavy (non-hydrogen) atoms. The Balaban J connectivity index is 1.78. The van der Waals surface area contributed by atoms with E-state index in [2.05, 4.69) is 5.32 Å². The average Bonchev–Trinajstić information content (AvgIpc) is 2.90. The Hall–Kier alpha value is -1.62. The van der Waals surface area contributed by atoms with Gasteiger partial charge in [-0.15, -0.1) is 0 Å². The highest BCUT2D eigenvalue weighted by Gasteiger charge is 2.18. The first-order chi connectivity index (χ1) is 10.5. The summed E-state index contributed by atoms with van der Waals surface area (Å²) in [5.41, 5.74) is 1.01. The number of anilines is 1. The molecule has 0 saturated carbocycles. The molecule has 1 heterocycles. The number of carbonyl (C=O) groups is 1. The zero-order valence-corrected chi connectivity index (χ0v) is 13.4. The first-order valence-corrected chi connectivity index (χ1v) is 7.50. The Morgan fingerprint density at radius 1 is 1.05 bits per heavy atom. The maximum Gasteiger partial charge on any atom is 0.231 e. The van der Waals surface area contributed by atoms with Crippen LogP contribution in [0.4, 0.5) is 5.69 Å². The van der Waals surface area contributed by atoms with Crippen LogP contribution in [0.15, 0.2) is 30.3 Å². The summed E-state index contributed by atoms with van der Waals surface area (Å²) < 4.78 is 10.5. The molecule has 1 N–H and O–H groups in total. The summed E-state index contributed by atoms with van der Waals surface area (Å²) in [7, 11) is 0. The molecule has 0 fully saturated rings. The van der Waals surface area contributed by atoms with Crippen LogP contribution in [0.3, 0.4) is 0 Å². The molecular weight excluding hydrogens is 349 g/mol. The fourth-order valence-corrected chi connectivity index (χ4v) is 2.80. The summed E-state index contributed by atoms with van der Waals surface area (Å²) >= 11 is 18.2. The van der Waals surface area contributed by atoms with Crippen molar-refractivity contribution in [2.75, 3.05) is 12.1 Å². The normalized spacial score (nSPS) is 12.3. The van der Waals surface area contributed by atoms with E-state index in [9.17, 15) is 4.79 Å². The van der Waals surface area contributed by atoms with Crippen molar-refractivity contribution in [3.8, 4) is 11.5 Å². The largest absolute Gasteiger partial charge is 0.454 e. The standard InChI is InChI=1S/C15H10Cl3NO3/c16-9-2-1-3-10(17)8(9)4-15(20)19-12-6-14-13(5-11(12)18)21-7-22-14/h1-3,5-6H,4,7H2,(H,19,20). The van der Waals surface area contributed by atoms with Crippen LogP contribution in [0.25, 0.3) is 0 Å². The molecule has 1 aliphatic heterocycles. The highest BCUT2D eigenvalue weighted by molar-refractivity contribution is 6.36. The Morgan fingerprint density at radius 2 is 1.68 bits per heavy atom. The second-order valence-corrected chi connectivity index (χ2v) is 5.83. The quantitative estimate of drug-likeness (QED) is 0.875. The first-order valence-electron chi connectivity index (χ1n) is 6.36. The van der Waals surface area contributed by atoms with E-state index in [4.69, 9.17) is 44.3 Å². The van der Waals surface area contributed by atoms with E-state index in [1.807, 2.05) is 0 Å². The smallest absolute Gasteiger partial charge is 0.231 e. The highest BCUT2D eigenvalue weighted by atomic mass is 35.5. The molecule has 0 aliphatic carbocycles. The second-order valence-electron chi connectivity index (χ2n) is 4.61. The molecule has 0 bridgehead atoms. The third kappa shape index (κ3) is 3.09. The van der Waals surface area contributed by atoms with Crippen molar-refractivity contribution in [2.45, 2.75) is 6.42 Å². The van der Waals surface area contributed by atoms with E-state index in [0.717, 1.165) is 0 Å². The number of nitrogens with one attached hydrogen (secondary N) is 1. The lowest BCUT2D eigenvalue weighted by atomic mass is 10.1. The van der Waals surface area contributed by atoms with Crippen LogP contribution in [0, 0.1) is 0 Å². The molecule has 0 radical (unpaired) electrons. The van der Waals surface area contributed by atoms with E-state index >= 15 is 0 Å². The van der Waals surface area contributed by atoms with Gasteiger partial charge in [0.05, 0.1) is 17.1 Å². The summed E-state index contributed by atoms with van der Waals surface area (Å²) in [6.45, 7) is 0.137. The van der Waals surface area contributed by atoms with Crippen LogP contribution in [-0.2, 0) is 11.2 Å². The number of rotatable bonds is 3. The summed E-state index contributed by atoms with van der Waals surface area (Å²) in [5.74, 6) is 0.809. The van der Waals surface area contributed by atoms with Gasteiger partial charge in [0.25, 0.3) is 0 Å². The molecule has 7 heteroatoms. The van der Waals surface area contributed by atoms with Crippen molar-refractivity contribution < 1.29 is 14.3 Å². The molecule has 0 aromatic heterocycles. The molecule has 0 spiro atoms. The minimum absolute atomic E-state index is 0.0449. The monoisotopic (exact) mass is 357 g/mol. The predicted octanol–water partition coefficient (Wildman–Crippen LogP) is 4.56. The molecule has 4 nitrogen and oxygen atoms in total. The van der Waals surface area contributed by atoms with Crippen LogP contribution in [0.1, 0.15) is 5.56 Å². The van der Waals surface area contributed by atoms with Gasteiger partial charge < -0.3 is 14.8 Å². The van der Waals surface area contributed by atoms with Crippen LogP contribution in [-0.4, -0.2) is 12.7 Å². The minimum atomic E-state index is -0.282. The molecule has 1 aliphatic rings. The third-order valence-electron chi connectivity index (χ3n) is 3.14. The lowest BCUT2D eigenvalue weighted by Crippen LogP contribution is -2.15. The highest BCUT2D eigenvalue weighted by Crippen LogP contribution is 2.39. The maximum absolute atomic E-state index is 12.2. The molecule has 114 valence electrons. The van der Waals surface area contributed by atoms with Crippen molar-refractivity contribution in [3.05, 3.63) is 51.0 Å². The van der Waals surface area contributed by atoms with Gasteiger partial charge in [0.1, 0.15) is 0 Å². The fourth-order valence-electron chi connectivity index (χ4n) is 2.07. The molecular formula is C15H10Cl3NO3. The summed E-state index contributed by atoms with van der Waals surface area (Å²) in [6, 6.07) is 8.31. The van der Waals surface area contributed by atoms with E-state index in [1.54, 1.807) is 30.3 Å². The fraction of sp³-hybridized carbons (Fsp3) is 0.133.